The van der Waals surface area contributed by atoms with Gasteiger partial charge in [-0.1, -0.05) is 43.0 Å². The Morgan fingerprint density at radius 2 is 1.92 bits per heavy atom. The van der Waals surface area contributed by atoms with Crippen molar-refractivity contribution in [3.05, 3.63) is 61.3 Å². The van der Waals surface area contributed by atoms with Crippen molar-refractivity contribution in [3.63, 3.8) is 0 Å². The van der Waals surface area contributed by atoms with Gasteiger partial charge in [-0.25, -0.2) is 5.43 Å². The molecule has 26 heavy (non-hydrogen) atoms. The van der Waals surface area contributed by atoms with Gasteiger partial charge in [0.15, 0.2) is 0 Å². The zero-order valence-corrected chi connectivity index (χ0v) is 14.9. The lowest BCUT2D eigenvalue weighted by Crippen LogP contribution is -2.63. The van der Waals surface area contributed by atoms with Crippen LogP contribution in [0.4, 0.5) is 13.2 Å². The molecule has 0 saturated carbocycles. The number of nitrogens with one attached hydrogen (secondary N) is 2. The number of alkyl halides is 3. The second-order valence-electron chi connectivity index (χ2n) is 6.42. The molecular weight excluding hydrogens is 341 g/mol. The number of hydrazine groups is 1. The Balaban J connectivity index is 2.08. The van der Waals surface area contributed by atoms with E-state index in [1.165, 1.54) is 6.20 Å². The van der Waals surface area contributed by atoms with Crippen molar-refractivity contribution in [3.8, 4) is 0 Å². The minimum absolute atomic E-state index is 0.0269. The number of nitrogens with zero attached hydrogens (tertiary/aromatic N) is 2. The normalized spacial score (nSPS) is 20.5. The van der Waals surface area contributed by atoms with Crippen molar-refractivity contribution < 1.29 is 13.2 Å². The van der Waals surface area contributed by atoms with Crippen LogP contribution in [0.2, 0.25) is 0 Å². The van der Waals surface area contributed by atoms with Crippen LogP contribution in [0.1, 0.15) is 12.0 Å². The Labute approximate surface area is 153 Å². The summed E-state index contributed by atoms with van der Waals surface area (Å²) in [4.78, 5) is 3.44. The van der Waals surface area contributed by atoms with E-state index >= 15 is 0 Å². The van der Waals surface area contributed by atoms with Crippen LogP contribution in [0.15, 0.2) is 55.8 Å². The van der Waals surface area contributed by atoms with Gasteiger partial charge in [0.1, 0.15) is 6.04 Å². The molecule has 144 valence electrons. The van der Waals surface area contributed by atoms with Gasteiger partial charge in [-0.3, -0.25) is 9.80 Å². The van der Waals surface area contributed by atoms with E-state index in [0.717, 1.165) is 5.56 Å². The Hall–Kier alpha value is -1.83. The molecule has 0 spiro atoms. The lowest BCUT2D eigenvalue weighted by molar-refractivity contribution is -0.204. The van der Waals surface area contributed by atoms with Crippen LogP contribution in [0.3, 0.4) is 0 Å². The Kier molecular flexibility index (Phi) is 7.68. The number of rotatable bonds is 9. The van der Waals surface area contributed by atoms with Gasteiger partial charge < -0.3 is 5.43 Å². The molecule has 1 fully saturated rings. The number of piperazine rings is 1. The summed E-state index contributed by atoms with van der Waals surface area (Å²) < 4.78 is 41.2. The Bertz CT molecular complexity index is 562. The van der Waals surface area contributed by atoms with E-state index in [2.05, 4.69) is 24.0 Å². The van der Waals surface area contributed by atoms with Crippen LogP contribution in [-0.2, 0) is 6.54 Å². The highest BCUT2D eigenvalue weighted by Crippen LogP contribution is 2.30. The van der Waals surface area contributed by atoms with Crippen molar-refractivity contribution in [2.75, 3.05) is 26.2 Å². The first kappa shape index (κ1) is 20.5. The van der Waals surface area contributed by atoms with Crippen molar-refractivity contribution >= 4 is 0 Å². The highest BCUT2D eigenvalue weighted by Gasteiger charge is 2.48. The second kappa shape index (κ2) is 9.75. The molecule has 0 radical (unpaired) electrons. The summed E-state index contributed by atoms with van der Waals surface area (Å²) in [6.45, 7) is 9.07. The third-order valence-electron chi connectivity index (χ3n) is 4.58. The monoisotopic (exact) mass is 368 g/mol. The van der Waals surface area contributed by atoms with Crippen molar-refractivity contribution in [2.45, 2.75) is 31.2 Å². The standard InChI is InChI=1S/C19H27F3N4/c1-3-8-17(13-24-23-4-2)26-12-11-25(15-18(26)19(20,21)22)14-16-9-6-5-7-10-16/h3-7,9-10,17-18,23-24H,1-2,8,11-15H2. The van der Waals surface area contributed by atoms with Crippen molar-refractivity contribution in [1.29, 1.82) is 0 Å². The summed E-state index contributed by atoms with van der Waals surface area (Å²) in [5.74, 6) is 0. The fraction of sp³-hybridized carbons (Fsp3) is 0.474. The van der Waals surface area contributed by atoms with Gasteiger partial charge >= 0.3 is 6.18 Å². The average Bonchev–Trinajstić information content (AvgIpc) is 2.61. The van der Waals surface area contributed by atoms with Crippen molar-refractivity contribution in [1.82, 2.24) is 20.7 Å². The molecule has 1 aliphatic heterocycles. The van der Waals surface area contributed by atoms with E-state index in [9.17, 15) is 13.2 Å². The molecule has 1 aliphatic rings. The first-order chi connectivity index (χ1) is 12.5. The average molecular weight is 368 g/mol. The number of halogens is 3. The summed E-state index contributed by atoms with van der Waals surface area (Å²) in [5.41, 5.74) is 6.66. The minimum Gasteiger partial charge on any atom is -0.329 e. The largest absolute Gasteiger partial charge is 0.405 e. The summed E-state index contributed by atoms with van der Waals surface area (Å²) in [5, 5.41) is 0. The fourth-order valence-corrected chi connectivity index (χ4v) is 3.34. The molecule has 1 aromatic carbocycles. The van der Waals surface area contributed by atoms with E-state index in [1.54, 1.807) is 11.0 Å². The van der Waals surface area contributed by atoms with Crippen LogP contribution in [0, 0.1) is 0 Å². The number of benzene rings is 1. The number of hydrogen-bond donors (Lipinski definition) is 2. The first-order valence-corrected chi connectivity index (χ1v) is 8.74. The van der Waals surface area contributed by atoms with Gasteiger partial charge in [0.2, 0.25) is 0 Å². The fourth-order valence-electron chi connectivity index (χ4n) is 3.34. The molecule has 0 amide bonds. The predicted molar refractivity (Wildman–Crippen MR) is 98.2 cm³/mol. The summed E-state index contributed by atoms with van der Waals surface area (Å²) in [6, 6.07) is 7.84. The van der Waals surface area contributed by atoms with Crippen molar-refractivity contribution in [2.24, 2.45) is 0 Å². The molecular formula is C19H27F3N4. The maximum atomic E-state index is 13.7. The molecule has 1 saturated heterocycles. The second-order valence-corrected chi connectivity index (χ2v) is 6.42. The summed E-state index contributed by atoms with van der Waals surface area (Å²) >= 11 is 0. The topological polar surface area (TPSA) is 30.5 Å². The lowest BCUT2D eigenvalue weighted by atomic mass is 10.0. The van der Waals surface area contributed by atoms with E-state index < -0.39 is 12.2 Å². The third-order valence-corrected chi connectivity index (χ3v) is 4.58. The maximum Gasteiger partial charge on any atom is 0.405 e. The molecule has 7 heteroatoms. The molecule has 0 aromatic heterocycles. The van der Waals surface area contributed by atoms with Crippen LogP contribution in [-0.4, -0.2) is 54.2 Å². The van der Waals surface area contributed by atoms with E-state index in [1.807, 2.05) is 35.2 Å². The molecule has 2 N–H and O–H groups in total. The molecule has 1 aromatic rings. The van der Waals surface area contributed by atoms with Crippen LogP contribution >= 0.6 is 0 Å². The quantitative estimate of drug-likeness (QED) is 0.399. The van der Waals surface area contributed by atoms with Gasteiger partial charge in [-0.15, -0.1) is 6.58 Å². The van der Waals surface area contributed by atoms with Gasteiger partial charge in [0.05, 0.1) is 0 Å². The SMILES string of the molecule is C=CCC(CNNC=C)N1CCN(Cc2ccccc2)CC1C(F)(F)F. The molecule has 2 atom stereocenters. The molecule has 0 aliphatic carbocycles. The first-order valence-electron chi connectivity index (χ1n) is 8.74. The molecule has 1 heterocycles. The summed E-state index contributed by atoms with van der Waals surface area (Å²) in [6.07, 6.45) is -0.661. The minimum atomic E-state index is -4.28. The van der Waals surface area contributed by atoms with Crippen LogP contribution in [0.25, 0.3) is 0 Å². The van der Waals surface area contributed by atoms with Gasteiger partial charge in [-0.2, -0.15) is 13.2 Å². The highest BCUT2D eigenvalue weighted by atomic mass is 19.4. The van der Waals surface area contributed by atoms with Crippen LogP contribution < -0.4 is 10.9 Å². The zero-order valence-electron chi connectivity index (χ0n) is 14.9. The van der Waals surface area contributed by atoms with Crippen LogP contribution in [0.5, 0.6) is 0 Å². The molecule has 2 rings (SSSR count). The zero-order chi connectivity index (χ0) is 19.0. The predicted octanol–water partition coefficient (Wildman–Crippen LogP) is 2.92. The summed E-state index contributed by atoms with van der Waals surface area (Å²) in [7, 11) is 0. The lowest BCUT2D eigenvalue weighted by Gasteiger charge is -2.45. The maximum absolute atomic E-state index is 13.7. The van der Waals surface area contributed by atoms with Gasteiger partial charge in [-0.05, 0) is 12.0 Å². The Morgan fingerprint density at radius 3 is 2.54 bits per heavy atom. The molecule has 0 bridgehead atoms. The molecule has 2 unspecified atom stereocenters. The number of hydrogen-bond acceptors (Lipinski definition) is 4. The van der Waals surface area contributed by atoms with E-state index in [4.69, 9.17) is 0 Å². The van der Waals surface area contributed by atoms with E-state index in [-0.39, 0.29) is 12.6 Å². The van der Waals surface area contributed by atoms with Gasteiger partial charge in [0.25, 0.3) is 0 Å². The smallest absolute Gasteiger partial charge is 0.329 e. The third kappa shape index (κ3) is 5.86. The van der Waals surface area contributed by atoms with E-state index in [0.29, 0.717) is 32.6 Å². The Morgan fingerprint density at radius 1 is 1.19 bits per heavy atom. The molecule has 4 nitrogen and oxygen atoms in total. The highest BCUT2D eigenvalue weighted by molar-refractivity contribution is 5.14. The van der Waals surface area contributed by atoms with Gasteiger partial charge in [0, 0.05) is 45.0 Å².